The molecule has 1 aromatic heterocycles. The smallest absolute Gasteiger partial charge is 0.147 e. The summed E-state index contributed by atoms with van der Waals surface area (Å²) in [6.07, 6.45) is 21.1. The van der Waals surface area contributed by atoms with Gasteiger partial charge in [0.15, 0.2) is 0 Å². The van der Waals surface area contributed by atoms with Gasteiger partial charge in [-0.2, -0.15) is 0 Å². The van der Waals surface area contributed by atoms with Gasteiger partial charge in [0.05, 0.1) is 11.6 Å². The fourth-order valence-electron chi connectivity index (χ4n) is 4.85. The molecule has 4 rings (SSSR count). The number of benzene rings is 1. The second kappa shape index (κ2) is 10.2. The fourth-order valence-corrected chi connectivity index (χ4v) is 5.57. The minimum Gasteiger partial charge on any atom is -0.488 e. The third-order valence-corrected chi connectivity index (χ3v) is 7.78. The van der Waals surface area contributed by atoms with Gasteiger partial charge in [-0.25, -0.2) is 4.98 Å². The Bertz CT molecular complexity index is 747. The van der Waals surface area contributed by atoms with Gasteiger partial charge in [0.1, 0.15) is 11.3 Å². The molecule has 0 radical (unpaired) electrons. The number of rotatable bonds is 3. The maximum Gasteiger partial charge on any atom is 0.147 e. The van der Waals surface area contributed by atoms with Crippen LogP contribution in [0.25, 0.3) is 11.0 Å². The first-order chi connectivity index (χ1) is 13.8. The standard InChI is InChI=1S/C24H33IN2O/c25-20-10-12-21(13-11-20)28-23-17-19(16-22-24(23)27-15-14-26-22)18-8-6-4-2-1-3-5-7-9-18/h14-18,20-21H,1-13H2. The normalized spacial score (nSPS) is 25.5. The fraction of sp³-hybridized carbons (Fsp3) is 0.667. The molecule has 0 atom stereocenters. The molecule has 0 amide bonds. The van der Waals surface area contributed by atoms with E-state index in [2.05, 4.69) is 44.7 Å². The lowest BCUT2D eigenvalue weighted by Gasteiger charge is -2.27. The predicted octanol–water partition coefficient (Wildman–Crippen LogP) is 7.36. The Hall–Kier alpha value is -0.910. The highest BCUT2D eigenvalue weighted by Gasteiger charge is 2.23. The second-order valence-corrected chi connectivity index (χ2v) is 10.4. The van der Waals surface area contributed by atoms with Gasteiger partial charge in [0.25, 0.3) is 0 Å². The molecule has 4 heteroatoms. The van der Waals surface area contributed by atoms with E-state index in [4.69, 9.17) is 4.74 Å². The van der Waals surface area contributed by atoms with Gasteiger partial charge >= 0.3 is 0 Å². The molecule has 3 nitrogen and oxygen atoms in total. The molecule has 1 heterocycles. The number of alkyl halides is 1. The Kier molecular flexibility index (Phi) is 7.43. The molecule has 0 bridgehead atoms. The third kappa shape index (κ3) is 5.37. The Morgan fingerprint density at radius 1 is 0.750 bits per heavy atom. The Morgan fingerprint density at radius 2 is 1.39 bits per heavy atom. The topological polar surface area (TPSA) is 35.0 Å². The molecule has 0 aliphatic heterocycles. The third-order valence-electron chi connectivity index (χ3n) is 6.54. The minimum absolute atomic E-state index is 0.329. The minimum atomic E-state index is 0.329. The SMILES string of the molecule is IC1CCC(Oc2cc(C3CCCCCCCCC3)cc3nccnc23)CC1. The Morgan fingerprint density at radius 3 is 2.11 bits per heavy atom. The van der Waals surface area contributed by atoms with Crippen molar-refractivity contribution in [1.82, 2.24) is 9.97 Å². The predicted molar refractivity (Wildman–Crippen MR) is 125 cm³/mol. The maximum absolute atomic E-state index is 6.54. The lowest BCUT2D eigenvalue weighted by molar-refractivity contribution is 0.160. The van der Waals surface area contributed by atoms with Gasteiger partial charge in [-0.3, -0.25) is 4.98 Å². The van der Waals surface area contributed by atoms with Gasteiger partial charge < -0.3 is 4.74 Å². The molecule has 0 spiro atoms. The average Bonchev–Trinajstić information content (AvgIpc) is 2.73. The van der Waals surface area contributed by atoms with E-state index in [1.54, 1.807) is 6.20 Å². The van der Waals surface area contributed by atoms with Crippen LogP contribution in [0.3, 0.4) is 0 Å². The van der Waals surface area contributed by atoms with E-state index in [0.717, 1.165) is 33.5 Å². The molecular weight excluding hydrogens is 459 g/mol. The Labute approximate surface area is 183 Å². The van der Waals surface area contributed by atoms with Crippen molar-refractivity contribution in [1.29, 1.82) is 0 Å². The van der Waals surface area contributed by atoms with Crippen molar-refractivity contribution in [2.24, 2.45) is 0 Å². The maximum atomic E-state index is 6.54. The molecule has 0 unspecified atom stereocenters. The largest absolute Gasteiger partial charge is 0.488 e. The van der Waals surface area contributed by atoms with Crippen molar-refractivity contribution in [3.63, 3.8) is 0 Å². The number of aromatic nitrogens is 2. The average molecular weight is 492 g/mol. The number of halogens is 1. The summed E-state index contributed by atoms with van der Waals surface area (Å²) in [4.78, 5) is 9.25. The number of hydrogen-bond donors (Lipinski definition) is 0. The first-order valence-corrected chi connectivity index (χ1v) is 12.6. The summed E-state index contributed by atoms with van der Waals surface area (Å²) < 4.78 is 7.35. The van der Waals surface area contributed by atoms with Gasteiger partial charge in [-0.15, -0.1) is 0 Å². The monoisotopic (exact) mass is 492 g/mol. The van der Waals surface area contributed by atoms with Gasteiger partial charge in [0.2, 0.25) is 0 Å². The molecule has 2 fully saturated rings. The zero-order valence-electron chi connectivity index (χ0n) is 16.9. The van der Waals surface area contributed by atoms with Crippen LogP contribution in [0.1, 0.15) is 95.0 Å². The number of hydrogen-bond acceptors (Lipinski definition) is 3. The molecule has 2 aliphatic rings. The summed E-state index contributed by atoms with van der Waals surface area (Å²) in [5.41, 5.74) is 3.35. The molecule has 1 aromatic carbocycles. The van der Waals surface area contributed by atoms with Crippen LogP contribution < -0.4 is 4.74 Å². The van der Waals surface area contributed by atoms with Crippen LogP contribution >= 0.6 is 22.6 Å². The summed E-state index contributed by atoms with van der Waals surface area (Å²) in [5, 5.41) is 0. The van der Waals surface area contributed by atoms with E-state index in [-0.39, 0.29) is 0 Å². The van der Waals surface area contributed by atoms with E-state index in [9.17, 15) is 0 Å². The first-order valence-electron chi connectivity index (χ1n) is 11.3. The summed E-state index contributed by atoms with van der Waals surface area (Å²) in [6.45, 7) is 0. The highest BCUT2D eigenvalue weighted by Crippen LogP contribution is 2.36. The number of fused-ring (bicyclic) bond motifs is 1. The zero-order chi connectivity index (χ0) is 19.2. The van der Waals surface area contributed by atoms with Crippen molar-refractivity contribution in [3.8, 4) is 5.75 Å². The molecule has 2 aromatic rings. The summed E-state index contributed by atoms with van der Waals surface area (Å²) in [6, 6.07) is 4.59. The lowest BCUT2D eigenvalue weighted by atomic mass is 9.86. The number of nitrogens with zero attached hydrogens (tertiary/aromatic N) is 2. The van der Waals surface area contributed by atoms with Crippen LogP contribution in [-0.4, -0.2) is 20.0 Å². The van der Waals surface area contributed by atoms with Gasteiger partial charge in [0, 0.05) is 16.3 Å². The summed E-state index contributed by atoms with van der Waals surface area (Å²) >= 11 is 2.58. The second-order valence-electron chi connectivity index (χ2n) is 8.68. The van der Waals surface area contributed by atoms with Crippen molar-refractivity contribution in [3.05, 3.63) is 30.1 Å². The van der Waals surface area contributed by atoms with E-state index in [1.807, 2.05) is 6.20 Å². The Balaban J connectivity index is 1.59. The quantitative estimate of drug-likeness (QED) is 0.332. The van der Waals surface area contributed by atoms with Crippen molar-refractivity contribution in [2.45, 2.75) is 99.4 Å². The van der Waals surface area contributed by atoms with Crippen molar-refractivity contribution in [2.75, 3.05) is 0 Å². The first kappa shape index (κ1) is 20.4. The zero-order valence-corrected chi connectivity index (χ0v) is 19.1. The molecule has 152 valence electrons. The lowest BCUT2D eigenvalue weighted by Crippen LogP contribution is -2.24. The molecule has 2 aliphatic carbocycles. The molecule has 2 saturated carbocycles. The van der Waals surface area contributed by atoms with E-state index < -0.39 is 0 Å². The van der Waals surface area contributed by atoms with Crippen LogP contribution in [-0.2, 0) is 0 Å². The van der Waals surface area contributed by atoms with Gasteiger partial charge in [-0.05, 0) is 62.1 Å². The van der Waals surface area contributed by atoms with Crippen LogP contribution in [0.15, 0.2) is 24.5 Å². The van der Waals surface area contributed by atoms with E-state index in [1.165, 1.54) is 76.2 Å². The highest BCUT2D eigenvalue weighted by atomic mass is 127. The van der Waals surface area contributed by atoms with E-state index in [0.29, 0.717) is 12.0 Å². The molecule has 0 N–H and O–H groups in total. The van der Waals surface area contributed by atoms with Crippen LogP contribution in [0, 0.1) is 0 Å². The molecular formula is C24H33IN2O. The van der Waals surface area contributed by atoms with Crippen LogP contribution in [0.2, 0.25) is 0 Å². The van der Waals surface area contributed by atoms with Crippen LogP contribution in [0.5, 0.6) is 5.75 Å². The van der Waals surface area contributed by atoms with Crippen molar-refractivity contribution < 1.29 is 4.74 Å². The highest BCUT2D eigenvalue weighted by molar-refractivity contribution is 14.1. The number of ether oxygens (including phenoxy) is 1. The van der Waals surface area contributed by atoms with E-state index >= 15 is 0 Å². The van der Waals surface area contributed by atoms with Crippen LogP contribution in [0.4, 0.5) is 0 Å². The molecule has 28 heavy (non-hydrogen) atoms. The summed E-state index contributed by atoms with van der Waals surface area (Å²) in [7, 11) is 0. The van der Waals surface area contributed by atoms with Gasteiger partial charge in [-0.1, -0.05) is 67.5 Å². The van der Waals surface area contributed by atoms with Crippen molar-refractivity contribution >= 4 is 33.6 Å². The molecule has 0 saturated heterocycles. The summed E-state index contributed by atoms with van der Waals surface area (Å²) in [5.74, 6) is 1.60.